The van der Waals surface area contributed by atoms with E-state index in [-0.39, 0.29) is 13.2 Å². The molecule has 0 saturated heterocycles. The molecule has 0 spiro atoms. The van der Waals surface area contributed by atoms with Crippen LogP contribution in [0.5, 0.6) is 0 Å². The highest BCUT2D eigenvalue weighted by atomic mass is 16.5. The Morgan fingerprint density at radius 2 is 2.00 bits per heavy atom. The molecular weight excluding hydrogens is 184 g/mol. The van der Waals surface area contributed by atoms with Crippen molar-refractivity contribution in [3.63, 3.8) is 0 Å². The number of primary amides is 1. The molecule has 2 amide bonds. The molecule has 0 saturated carbocycles. The molecule has 0 aromatic rings. The fourth-order valence-electron chi connectivity index (χ4n) is 0.385. The van der Waals surface area contributed by atoms with Gasteiger partial charge in [-0.25, -0.2) is 9.59 Å². The second-order valence-electron chi connectivity index (χ2n) is 2.37. The fraction of sp³-hybridized carbons (Fsp3) is 0.556. The molecule has 82 valence electrons. The van der Waals surface area contributed by atoms with Gasteiger partial charge in [-0.2, -0.15) is 0 Å². The Bertz CT molecular complexity index is 181. The first-order valence-electron chi connectivity index (χ1n) is 4.40. The van der Waals surface area contributed by atoms with Gasteiger partial charge in [0.05, 0.1) is 6.54 Å². The van der Waals surface area contributed by atoms with E-state index in [9.17, 15) is 9.59 Å². The SMILES string of the molecule is C=CC(=O)OCCNC(N)=O.CCC. The van der Waals surface area contributed by atoms with E-state index in [1.165, 1.54) is 6.42 Å². The molecule has 0 rings (SSSR count). The summed E-state index contributed by atoms with van der Waals surface area (Å²) in [5.74, 6) is -0.517. The highest BCUT2D eigenvalue weighted by Crippen LogP contribution is 1.76. The van der Waals surface area contributed by atoms with Crippen molar-refractivity contribution in [2.45, 2.75) is 20.3 Å². The zero-order valence-corrected chi connectivity index (χ0v) is 8.71. The van der Waals surface area contributed by atoms with Gasteiger partial charge in [-0.05, 0) is 0 Å². The number of urea groups is 1. The standard InChI is InChI=1S/C6H10N2O3.C3H8/c1-2-5(9)11-4-3-8-6(7)10;1-3-2/h2H,1,3-4H2,(H3,7,8,10);3H2,1-2H3. The third-order valence-corrected chi connectivity index (χ3v) is 0.812. The summed E-state index contributed by atoms with van der Waals surface area (Å²) >= 11 is 0. The van der Waals surface area contributed by atoms with Gasteiger partial charge in [0.25, 0.3) is 0 Å². The third kappa shape index (κ3) is 16.8. The predicted octanol–water partition coefficient (Wildman–Crippen LogP) is 0.800. The van der Waals surface area contributed by atoms with E-state index in [0.29, 0.717) is 0 Å². The molecule has 0 radical (unpaired) electrons. The van der Waals surface area contributed by atoms with E-state index >= 15 is 0 Å². The van der Waals surface area contributed by atoms with Crippen LogP contribution in [0.4, 0.5) is 4.79 Å². The van der Waals surface area contributed by atoms with Crippen molar-refractivity contribution < 1.29 is 14.3 Å². The number of rotatable bonds is 4. The molecule has 0 aliphatic rings. The number of nitrogens with two attached hydrogens (primary N) is 1. The van der Waals surface area contributed by atoms with Crippen LogP contribution in [-0.2, 0) is 9.53 Å². The monoisotopic (exact) mass is 202 g/mol. The van der Waals surface area contributed by atoms with E-state index in [1.807, 2.05) is 0 Å². The lowest BCUT2D eigenvalue weighted by Gasteiger charge is -2.01. The number of hydrogen-bond donors (Lipinski definition) is 2. The zero-order chi connectivity index (χ0) is 11.4. The Labute approximate surface area is 84.3 Å². The van der Waals surface area contributed by atoms with E-state index in [4.69, 9.17) is 5.73 Å². The number of amides is 2. The molecule has 14 heavy (non-hydrogen) atoms. The van der Waals surface area contributed by atoms with Gasteiger partial charge < -0.3 is 15.8 Å². The van der Waals surface area contributed by atoms with E-state index in [2.05, 4.69) is 30.5 Å². The molecule has 0 unspecified atom stereocenters. The Kier molecular flexibility index (Phi) is 12.3. The summed E-state index contributed by atoms with van der Waals surface area (Å²) in [7, 11) is 0. The Hall–Kier alpha value is -1.52. The quantitative estimate of drug-likeness (QED) is 0.402. The minimum absolute atomic E-state index is 0.105. The Morgan fingerprint density at radius 3 is 2.36 bits per heavy atom. The van der Waals surface area contributed by atoms with Gasteiger partial charge in [0.2, 0.25) is 0 Å². The van der Waals surface area contributed by atoms with Gasteiger partial charge in [0, 0.05) is 6.08 Å². The van der Waals surface area contributed by atoms with Crippen molar-refractivity contribution in [3.8, 4) is 0 Å². The van der Waals surface area contributed by atoms with Crippen LogP contribution in [0.2, 0.25) is 0 Å². The fourth-order valence-corrected chi connectivity index (χ4v) is 0.385. The molecule has 0 aliphatic carbocycles. The zero-order valence-electron chi connectivity index (χ0n) is 8.71. The maximum atomic E-state index is 10.4. The van der Waals surface area contributed by atoms with Crippen LogP contribution in [0.15, 0.2) is 12.7 Å². The molecule has 0 atom stereocenters. The third-order valence-electron chi connectivity index (χ3n) is 0.812. The molecule has 0 aromatic heterocycles. The molecule has 0 bridgehead atoms. The minimum Gasteiger partial charge on any atom is -0.461 e. The van der Waals surface area contributed by atoms with Crippen LogP contribution in [-0.4, -0.2) is 25.2 Å². The van der Waals surface area contributed by atoms with Gasteiger partial charge in [0.1, 0.15) is 6.61 Å². The van der Waals surface area contributed by atoms with Crippen LogP contribution in [0.25, 0.3) is 0 Å². The van der Waals surface area contributed by atoms with Crippen LogP contribution in [0, 0.1) is 0 Å². The van der Waals surface area contributed by atoms with Crippen molar-refractivity contribution in [3.05, 3.63) is 12.7 Å². The number of carbonyl (C=O) groups excluding carboxylic acids is 2. The van der Waals surface area contributed by atoms with Gasteiger partial charge in [0.15, 0.2) is 0 Å². The van der Waals surface area contributed by atoms with E-state index in [0.717, 1.165) is 6.08 Å². The highest BCUT2D eigenvalue weighted by Gasteiger charge is 1.94. The molecule has 5 nitrogen and oxygen atoms in total. The molecule has 0 fully saturated rings. The second-order valence-corrected chi connectivity index (χ2v) is 2.37. The van der Waals surface area contributed by atoms with Gasteiger partial charge >= 0.3 is 12.0 Å². The smallest absolute Gasteiger partial charge is 0.330 e. The molecule has 0 heterocycles. The summed E-state index contributed by atoms with van der Waals surface area (Å²) in [6.07, 6.45) is 2.30. The van der Waals surface area contributed by atoms with Gasteiger partial charge in [-0.15, -0.1) is 0 Å². The topological polar surface area (TPSA) is 81.4 Å². The minimum atomic E-state index is -0.639. The first kappa shape index (κ1) is 15.0. The van der Waals surface area contributed by atoms with Crippen LogP contribution < -0.4 is 11.1 Å². The van der Waals surface area contributed by atoms with Crippen LogP contribution in [0.3, 0.4) is 0 Å². The molecule has 5 heteroatoms. The lowest BCUT2D eigenvalue weighted by Crippen LogP contribution is -2.32. The summed E-state index contributed by atoms with van der Waals surface area (Å²) < 4.78 is 4.51. The molecular formula is C9H18N2O3. The number of esters is 1. The summed E-state index contributed by atoms with van der Waals surface area (Å²) in [6, 6.07) is -0.639. The Balaban J connectivity index is 0. The maximum Gasteiger partial charge on any atom is 0.330 e. The molecule has 0 aliphatic heterocycles. The van der Waals surface area contributed by atoms with Crippen molar-refractivity contribution >= 4 is 12.0 Å². The summed E-state index contributed by atoms with van der Waals surface area (Å²) in [6.45, 7) is 7.76. The van der Waals surface area contributed by atoms with Crippen molar-refractivity contribution in [2.24, 2.45) is 5.73 Å². The summed E-state index contributed by atoms with van der Waals surface area (Å²) in [4.78, 5) is 20.4. The summed E-state index contributed by atoms with van der Waals surface area (Å²) in [5, 5.41) is 2.25. The second kappa shape index (κ2) is 11.5. The maximum absolute atomic E-state index is 10.4. The summed E-state index contributed by atoms with van der Waals surface area (Å²) in [5.41, 5.74) is 4.73. The number of hydrogen-bond acceptors (Lipinski definition) is 3. The van der Waals surface area contributed by atoms with Crippen molar-refractivity contribution in [1.82, 2.24) is 5.32 Å². The molecule has 0 aromatic carbocycles. The Morgan fingerprint density at radius 1 is 1.50 bits per heavy atom. The normalized spacial score (nSPS) is 7.86. The van der Waals surface area contributed by atoms with Crippen molar-refractivity contribution in [1.29, 1.82) is 0 Å². The number of carbonyl (C=O) groups is 2. The first-order valence-corrected chi connectivity index (χ1v) is 4.40. The van der Waals surface area contributed by atoms with Crippen LogP contribution in [0.1, 0.15) is 20.3 Å². The lowest BCUT2D eigenvalue weighted by atomic mass is 10.6. The first-order chi connectivity index (χ1) is 6.58. The number of nitrogens with one attached hydrogen (secondary N) is 1. The van der Waals surface area contributed by atoms with Gasteiger partial charge in [-0.3, -0.25) is 0 Å². The van der Waals surface area contributed by atoms with E-state index < -0.39 is 12.0 Å². The van der Waals surface area contributed by atoms with Gasteiger partial charge in [-0.1, -0.05) is 26.8 Å². The number of ether oxygens (including phenoxy) is 1. The average Bonchev–Trinajstić information content (AvgIpc) is 2.13. The van der Waals surface area contributed by atoms with Crippen molar-refractivity contribution in [2.75, 3.05) is 13.2 Å². The largest absolute Gasteiger partial charge is 0.461 e. The lowest BCUT2D eigenvalue weighted by molar-refractivity contribution is -0.137. The highest BCUT2D eigenvalue weighted by molar-refractivity contribution is 5.81. The predicted molar refractivity (Wildman–Crippen MR) is 54.7 cm³/mol. The molecule has 3 N–H and O–H groups in total. The van der Waals surface area contributed by atoms with Crippen LogP contribution >= 0.6 is 0 Å². The average molecular weight is 202 g/mol. The van der Waals surface area contributed by atoms with E-state index in [1.54, 1.807) is 0 Å².